The number of hydrazone groups is 1. The highest BCUT2D eigenvalue weighted by Gasteiger charge is 1.94. The molecule has 0 aromatic heterocycles. The van der Waals surface area contributed by atoms with Crippen LogP contribution in [0.2, 0.25) is 0 Å². The van der Waals surface area contributed by atoms with Crippen LogP contribution < -0.4 is 0 Å². The Morgan fingerprint density at radius 1 is 1.29 bits per heavy atom. The van der Waals surface area contributed by atoms with Gasteiger partial charge in [0.1, 0.15) is 13.4 Å². The lowest BCUT2D eigenvalue weighted by atomic mass is 10.3. The fourth-order valence-corrected chi connectivity index (χ4v) is 1.08. The summed E-state index contributed by atoms with van der Waals surface area (Å²) in [4.78, 5) is 6.23. The molecule has 0 aliphatic rings. The number of aliphatic imine (C=N–C) groups is 1. The van der Waals surface area contributed by atoms with Crippen molar-refractivity contribution < 1.29 is 5.11 Å². The third-order valence-electron chi connectivity index (χ3n) is 1.98. The van der Waals surface area contributed by atoms with Crippen molar-refractivity contribution in [2.75, 3.05) is 34.0 Å². The van der Waals surface area contributed by atoms with Crippen LogP contribution in [0, 0.1) is 0 Å². The molecule has 17 heavy (non-hydrogen) atoms. The Kier molecular flexibility index (Phi) is 10.5. The van der Waals surface area contributed by atoms with Gasteiger partial charge in [-0.3, -0.25) is 10.0 Å². The first-order chi connectivity index (χ1) is 8.20. The molecule has 0 saturated heterocycles. The molecule has 5 heteroatoms. The minimum Gasteiger partial charge on any atom is -0.375 e. The molecule has 0 amide bonds. The van der Waals surface area contributed by atoms with Gasteiger partial charge in [0.15, 0.2) is 0 Å². The van der Waals surface area contributed by atoms with Gasteiger partial charge in [-0.05, 0) is 46.5 Å². The summed E-state index contributed by atoms with van der Waals surface area (Å²) in [6.07, 6.45) is 9.24. The van der Waals surface area contributed by atoms with E-state index in [1.54, 1.807) is 6.21 Å². The summed E-state index contributed by atoms with van der Waals surface area (Å²) >= 11 is 0. The fraction of sp³-hybridized carbons (Fsp3) is 0.667. The standard InChI is InChI=1S/C12H24N4O/c1-4-5-8-13-11-16(12-17)14-9-6-7-10-15(2)3/h4-5,8-9,17H,6-7,10-12H2,1-3H3/b5-4-,13-8-,14-9-. The number of aliphatic hydroxyl groups is 1. The van der Waals surface area contributed by atoms with Crippen LogP contribution in [0.5, 0.6) is 0 Å². The molecule has 1 N–H and O–H groups in total. The lowest BCUT2D eigenvalue weighted by Gasteiger charge is -2.12. The van der Waals surface area contributed by atoms with Crippen molar-refractivity contribution in [2.24, 2.45) is 10.1 Å². The summed E-state index contributed by atoms with van der Waals surface area (Å²) in [5.41, 5.74) is 0. The van der Waals surface area contributed by atoms with Crippen molar-refractivity contribution in [2.45, 2.75) is 19.8 Å². The van der Waals surface area contributed by atoms with Crippen LogP contribution in [-0.2, 0) is 0 Å². The van der Waals surface area contributed by atoms with E-state index in [4.69, 9.17) is 5.11 Å². The topological polar surface area (TPSA) is 51.4 Å². The van der Waals surface area contributed by atoms with Gasteiger partial charge in [0, 0.05) is 12.4 Å². The predicted molar refractivity (Wildman–Crippen MR) is 73.4 cm³/mol. The van der Waals surface area contributed by atoms with Gasteiger partial charge in [-0.25, -0.2) is 0 Å². The zero-order chi connectivity index (χ0) is 12.9. The maximum Gasteiger partial charge on any atom is 0.133 e. The van der Waals surface area contributed by atoms with Crippen molar-refractivity contribution in [3.05, 3.63) is 12.2 Å². The van der Waals surface area contributed by atoms with Crippen molar-refractivity contribution in [3.8, 4) is 0 Å². The molecule has 0 spiro atoms. The number of rotatable bonds is 9. The number of unbranched alkanes of at least 4 members (excludes halogenated alkanes) is 1. The van der Waals surface area contributed by atoms with E-state index in [-0.39, 0.29) is 6.73 Å². The molecule has 0 unspecified atom stereocenters. The van der Waals surface area contributed by atoms with Crippen molar-refractivity contribution in [3.63, 3.8) is 0 Å². The Labute approximate surface area is 104 Å². The largest absolute Gasteiger partial charge is 0.375 e. The minimum absolute atomic E-state index is 0.114. The number of nitrogens with zero attached hydrogens (tertiary/aromatic N) is 4. The molecular formula is C12H24N4O. The van der Waals surface area contributed by atoms with Crippen LogP contribution in [0.15, 0.2) is 22.2 Å². The summed E-state index contributed by atoms with van der Waals surface area (Å²) in [6.45, 7) is 3.24. The zero-order valence-corrected chi connectivity index (χ0v) is 11.1. The molecule has 98 valence electrons. The summed E-state index contributed by atoms with van der Waals surface area (Å²) in [7, 11) is 4.10. The van der Waals surface area contributed by atoms with Crippen molar-refractivity contribution in [1.29, 1.82) is 0 Å². The van der Waals surface area contributed by atoms with Crippen LogP contribution in [0.25, 0.3) is 0 Å². The zero-order valence-electron chi connectivity index (χ0n) is 11.1. The highest BCUT2D eigenvalue weighted by molar-refractivity contribution is 5.70. The summed E-state index contributed by atoms with van der Waals surface area (Å²) in [6, 6.07) is 0. The SMILES string of the molecule is C/C=C\C=N/CN(CO)/N=C\CCCN(C)C. The minimum atomic E-state index is -0.114. The second-order valence-electron chi connectivity index (χ2n) is 3.89. The van der Waals surface area contributed by atoms with Gasteiger partial charge in [-0.2, -0.15) is 5.10 Å². The third-order valence-corrected chi connectivity index (χ3v) is 1.98. The Balaban J connectivity index is 3.75. The molecule has 0 fully saturated rings. The molecule has 0 atom stereocenters. The highest BCUT2D eigenvalue weighted by atomic mass is 16.3. The van der Waals surface area contributed by atoms with E-state index < -0.39 is 0 Å². The van der Waals surface area contributed by atoms with E-state index in [2.05, 4.69) is 15.0 Å². The van der Waals surface area contributed by atoms with E-state index in [0.717, 1.165) is 19.4 Å². The van der Waals surface area contributed by atoms with Gasteiger partial charge in [0.25, 0.3) is 0 Å². The Morgan fingerprint density at radius 2 is 2.06 bits per heavy atom. The Morgan fingerprint density at radius 3 is 2.65 bits per heavy atom. The van der Waals surface area contributed by atoms with Gasteiger partial charge in [0.05, 0.1) is 0 Å². The van der Waals surface area contributed by atoms with E-state index in [1.807, 2.05) is 39.4 Å². The van der Waals surface area contributed by atoms with E-state index in [1.165, 1.54) is 5.01 Å². The molecule has 0 saturated carbocycles. The first-order valence-electron chi connectivity index (χ1n) is 5.84. The fourth-order valence-electron chi connectivity index (χ4n) is 1.08. The maximum atomic E-state index is 9.04. The quantitative estimate of drug-likeness (QED) is 0.285. The lowest BCUT2D eigenvalue weighted by Crippen LogP contribution is -2.19. The summed E-state index contributed by atoms with van der Waals surface area (Å²) < 4.78 is 0. The number of hydrogen-bond acceptors (Lipinski definition) is 5. The monoisotopic (exact) mass is 240 g/mol. The van der Waals surface area contributed by atoms with Crippen LogP contribution in [0.1, 0.15) is 19.8 Å². The number of allylic oxidation sites excluding steroid dienone is 2. The van der Waals surface area contributed by atoms with Crippen molar-refractivity contribution >= 4 is 12.4 Å². The molecule has 0 aromatic rings. The lowest BCUT2D eigenvalue weighted by molar-refractivity contribution is 0.115. The van der Waals surface area contributed by atoms with E-state index in [0.29, 0.717) is 6.67 Å². The van der Waals surface area contributed by atoms with E-state index in [9.17, 15) is 0 Å². The second kappa shape index (κ2) is 11.3. The molecular weight excluding hydrogens is 216 g/mol. The Hall–Kier alpha value is -1.20. The first-order valence-corrected chi connectivity index (χ1v) is 5.84. The molecule has 0 aliphatic carbocycles. The number of aliphatic hydroxyl groups excluding tert-OH is 1. The Bertz CT molecular complexity index is 249. The van der Waals surface area contributed by atoms with Gasteiger partial charge in [0.2, 0.25) is 0 Å². The average molecular weight is 240 g/mol. The van der Waals surface area contributed by atoms with Gasteiger partial charge in [-0.1, -0.05) is 6.08 Å². The number of hydrogen-bond donors (Lipinski definition) is 1. The molecule has 0 radical (unpaired) electrons. The summed E-state index contributed by atoms with van der Waals surface area (Å²) in [5.74, 6) is 0. The van der Waals surface area contributed by atoms with Gasteiger partial charge >= 0.3 is 0 Å². The highest BCUT2D eigenvalue weighted by Crippen LogP contribution is 1.91. The molecule has 0 bridgehead atoms. The molecule has 0 rings (SSSR count). The third kappa shape index (κ3) is 11.1. The predicted octanol–water partition coefficient (Wildman–Crippen LogP) is 1.17. The molecule has 5 nitrogen and oxygen atoms in total. The van der Waals surface area contributed by atoms with Gasteiger partial charge in [-0.15, -0.1) is 0 Å². The van der Waals surface area contributed by atoms with Crippen LogP contribution in [0.4, 0.5) is 0 Å². The first kappa shape index (κ1) is 15.8. The molecule has 0 heterocycles. The normalized spacial score (nSPS) is 12.5. The second-order valence-corrected chi connectivity index (χ2v) is 3.89. The molecule has 0 aliphatic heterocycles. The van der Waals surface area contributed by atoms with Crippen molar-refractivity contribution in [1.82, 2.24) is 9.91 Å². The van der Waals surface area contributed by atoms with E-state index >= 15 is 0 Å². The average Bonchev–Trinajstić information content (AvgIpc) is 2.31. The molecule has 0 aromatic carbocycles. The van der Waals surface area contributed by atoms with Gasteiger partial charge < -0.3 is 10.0 Å². The van der Waals surface area contributed by atoms with Crippen LogP contribution in [0.3, 0.4) is 0 Å². The van der Waals surface area contributed by atoms with Crippen LogP contribution >= 0.6 is 0 Å². The van der Waals surface area contributed by atoms with Crippen LogP contribution in [-0.4, -0.2) is 61.5 Å². The maximum absolute atomic E-state index is 9.04. The summed E-state index contributed by atoms with van der Waals surface area (Å²) in [5, 5.41) is 14.7. The smallest absolute Gasteiger partial charge is 0.133 e.